The highest BCUT2D eigenvalue weighted by molar-refractivity contribution is 7.85. The Balaban J connectivity index is 2.05. The molecular formula is C21H15ClO2S. The molecule has 0 saturated carbocycles. The molecule has 0 fully saturated rings. The maximum Gasteiger partial charge on any atom is 0.151 e. The third-order valence-electron chi connectivity index (χ3n) is 4.07. The van der Waals surface area contributed by atoms with Crippen LogP contribution >= 0.6 is 11.6 Å². The van der Waals surface area contributed by atoms with Crippen LogP contribution in [0.4, 0.5) is 0 Å². The van der Waals surface area contributed by atoms with E-state index in [1.165, 1.54) is 0 Å². The molecule has 1 aromatic heterocycles. The molecule has 4 aromatic rings. The standard InChI is InChI=1S/C21H15ClO2S/c1-14-12-16(22)13-18-19(14)24-20(15-8-4-2-5-9-15)21(18)25(23)17-10-6-3-7-11-17/h2-13H,1H3. The molecule has 0 aliphatic rings. The predicted molar refractivity (Wildman–Crippen MR) is 103 cm³/mol. The Morgan fingerprint density at radius 1 is 0.920 bits per heavy atom. The first-order valence-electron chi connectivity index (χ1n) is 7.90. The number of rotatable bonds is 3. The van der Waals surface area contributed by atoms with E-state index in [1.54, 1.807) is 0 Å². The Bertz CT molecular complexity index is 1070. The quantitative estimate of drug-likeness (QED) is 0.430. The molecule has 0 aliphatic heterocycles. The fraction of sp³-hybridized carbons (Fsp3) is 0.0476. The third-order valence-corrected chi connectivity index (χ3v) is 5.77. The number of hydrogen-bond acceptors (Lipinski definition) is 2. The van der Waals surface area contributed by atoms with E-state index in [9.17, 15) is 4.21 Å². The van der Waals surface area contributed by atoms with Crippen LogP contribution in [0.5, 0.6) is 0 Å². The van der Waals surface area contributed by atoms with Gasteiger partial charge >= 0.3 is 0 Å². The minimum Gasteiger partial charge on any atom is -0.454 e. The van der Waals surface area contributed by atoms with Crippen LogP contribution in [0.2, 0.25) is 5.02 Å². The van der Waals surface area contributed by atoms with Gasteiger partial charge in [-0.3, -0.25) is 0 Å². The van der Waals surface area contributed by atoms with E-state index in [0.29, 0.717) is 15.7 Å². The highest BCUT2D eigenvalue weighted by Gasteiger charge is 2.23. The van der Waals surface area contributed by atoms with Crippen molar-refractivity contribution in [1.82, 2.24) is 0 Å². The highest BCUT2D eigenvalue weighted by atomic mass is 35.5. The molecule has 0 radical (unpaired) electrons. The summed E-state index contributed by atoms with van der Waals surface area (Å²) in [6, 6.07) is 22.8. The molecule has 1 unspecified atom stereocenters. The monoisotopic (exact) mass is 366 g/mol. The maximum atomic E-state index is 13.3. The zero-order valence-corrected chi connectivity index (χ0v) is 15.1. The van der Waals surface area contributed by atoms with Crippen LogP contribution in [0.1, 0.15) is 5.56 Å². The SMILES string of the molecule is Cc1cc(Cl)cc2c(S(=O)c3ccccc3)c(-c3ccccc3)oc12. The Labute approximate surface area is 153 Å². The number of furan rings is 1. The van der Waals surface area contributed by atoms with Gasteiger partial charge in [-0.1, -0.05) is 60.1 Å². The first-order valence-corrected chi connectivity index (χ1v) is 9.43. The summed E-state index contributed by atoms with van der Waals surface area (Å²) in [6.45, 7) is 1.95. The summed E-state index contributed by atoms with van der Waals surface area (Å²) in [7, 11) is -1.37. The lowest BCUT2D eigenvalue weighted by atomic mass is 10.1. The number of aryl methyl sites for hydroxylation is 1. The van der Waals surface area contributed by atoms with Crippen LogP contribution in [0.3, 0.4) is 0 Å². The predicted octanol–water partition coefficient (Wildman–Crippen LogP) is 6.23. The van der Waals surface area contributed by atoms with Crippen LogP contribution in [0, 0.1) is 6.92 Å². The summed E-state index contributed by atoms with van der Waals surface area (Å²) in [5, 5.41) is 1.41. The number of benzene rings is 3. The molecule has 0 spiro atoms. The van der Waals surface area contributed by atoms with Crippen LogP contribution in [-0.2, 0) is 10.8 Å². The summed E-state index contributed by atoms with van der Waals surface area (Å²) < 4.78 is 19.5. The van der Waals surface area contributed by atoms with E-state index in [-0.39, 0.29) is 0 Å². The zero-order chi connectivity index (χ0) is 17.4. The normalized spacial score (nSPS) is 12.4. The topological polar surface area (TPSA) is 30.2 Å². The molecule has 4 rings (SSSR count). The maximum absolute atomic E-state index is 13.3. The van der Waals surface area contributed by atoms with Crippen LogP contribution < -0.4 is 0 Å². The van der Waals surface area contributed by atoms with Crippen LogP contribution in [0.25, 0.3) is 22.3 Å². The van der Waals surface area contributed by atoms with E-state index >= 15 is 0 Å². The fourth-order valence-electron chi connectivity index (χ4n) is 2.93. The van der Waals surface area contributed by atoms with Gasteiger partial charge in [-0.15, -0.1) is 0 Å². The molecule has 1 atom stereocenters. The summed E-state index contributed by atoms with van der Waals surface area (Å²) in [6.07, 6.45) is 0. The van der Waals surface area contributed by atoms with Crippen LogP contribution in [-0.4, -0.2) is 4.21 Å². The molecule has 0 N–H and O–H groups in total. The van der Waals surface area contributed by atoms with Gasteiger partial charge in [0.2, 0.25) is 0 Å². The lowest BCUT2D eigenvalue weighted by molar-refractivity contribution is 0.620. The average molecular weight is 367 g/mol. The van der Waals surface area contributed by atoms with Crippen molar-refractivity contribution in [2.45, 2.75) is 16.7 Å². The Morgan fingerprint density at radius 2 is 1.56 bits per heavy atom. The second-order valence-electron chi connectivity index (χ2n) is 5.81. The van der Waals surface area contributed by atoms with Gasteiger partial charge in [0.1, 0.15) is 5.58 Å². The number of halogens is 1. The van der Waals surface area contributed by atoms with Crippen molar-refractivity contribution in [2.75, 3.05) is 0 Å². The van der Waals surface area contributed by atoms with Gasteiger partial charge in [0.15, 0.2) is 5.76 Å². The van der Waals surface area contributed by atoms with E-state index in [2.05, 4.69) is 0 Å². The molecule has 0 bridgehead atoms. The fourth-order valence-corrected chi connectivity index (χ4v) is 4.52. The van der Waals surface area contributed by atoms with Crippen molar-refractivity contribution in [1.29, 1.82) is 0 Å². The lowest BCUT2D eigenvalue weighted by Gasteiger charge is -2.04. The molecule has 124 valence electrons. The van der Waals surface area contributed by atoms with Gasteiger partial charge in [0.25, 0.3) is 0 Å². The molecule has 3 aromatic carbocycles. The summed E-state index contributed by atoms with van der Waals surface area (Å²) in [4.78, 5) is 1.40. The smallest absolute Gasteiger partial charge is 0.151 e. The van der Waals surface area contributed by atoms with Gasteiger partial charge in [-0.05, 0) is 36.8 Å². The number of fused-ring (bicyclic) bond motifs is 1. The molecule has 1 heterocycles. The van der Waals surface area contributed by atoms with E-state index < -0.39 is 10.8 Å². The van der Waals surface area contributed by atoms with Crippen molar-refractivity contribution < 1.29 is 8.63 Å². The van der Waals surface area contributed by atoms with Crippen molar-refractivity contribution >= 4 is 33.4 Å². The van der Waals surface area contributed by atoms with Crippen molar-refractivity contribution in [3.05, 3.63) is 83.4 Å². The van der Waals surface area contributed by atoms with Crippen molar-refractivity contribution in [2.24, 2.45) is 0 Å². The Kier molecular flexibility index (Phi) is 4.20. The molecule has 0 aliphatic carbocycles. The molecule has 0 saturated heterocycles. The van der Waals surface area contributed by atoms with Crippen molar-refractivity contribution in [3.8, 4) is 11.3 Å². The van der Waals surface area contributed by atoms with E-state index in [4.69, 9.17) is 16.0 Å². The summed E-state index contributed by atoms with van der Waals surface area (Å²) >= 11 is 6.26. The average Bonchev–Trinajstić information content (AvgIpc) is 3.02. The molecule has 4 heteroatoms. The van der Waals surface area contributed by atoms with Gasteiger partial charge in [0, 0.05) is 20.9 Å². The minimum absolute atomic E-state index is 0.608. The molecule has 2 nitrogen and oxygen atoms in total. The second kappa shape index (κ2) is 6.51. The van der Waals surface area contributed by atoms with Crippen molar-refractivity contribution in [3.63, 3.8) is 0 Å². The Hall–Kier alpha value is -2.36. The summed E-state index contributed by atoms with van der Waals surface area (Å²) in [5.74, 6) is 0.628. The Morgan fingerprint density at radius 3 is 2.24 bits per heavy atom. The molecular weight excluding hydrogens is 352 g/mol. The summed E-state index contributed by atoms with van der Waals surface area (Å²) in [5.41, 5.74) is 2.55. The first-order chi connectivity index (χ1) is 12.1. The van der Waals surface area contributed by atoms with E-state index in [0.717, 1.165) is 27.0 Å². The van der Waals surface area contributed by atoms with Gasteiger partial charge in [-0.25, -0.2) is 4.21 Å². The van der Waals surface area contributed by atoms with Gasteiger partial charge in [0.05, 0.1) is 15.7 Å². The first kappa shape index (κ1) is 16.1. The van der Waals surface area contributed by atoms with Crippen LogP contribution in [0.15, 0.2) is 87.0 Å². The molecule has 25 heavy (non-hydrogen) atoms. The minimum atomic E-state index is -1.37. The van der Waals surface area contributed by atoms with E-state index in [1.807, 2.05) is 79.7 Å². The lowest BCUT2D eigenvalue weighted by Crippen LogP contribution is -1.94. The molecule has 0 amide bonds. The largest absolute Gasteiger partial charge is 0.454 e. The highest BCUT2D eigenvalue weighted by Crippen LogP contribution is 2.40. The second-order valence-corrected chi connectivity index (χ2v) is 7.66. The number of hydrogen-bond donors (Lipinski definition) is 0. The van der Waals surface area contributed by atoms with Gasteiger partial charge < -0.3 is 4.42 Å². The zero-order valence-electron chi connectivity index (χ0n) is 13.5. The van der Waals surface area contributed by atoms with Gasteiger partial charge in [-0.2, -0.15) is 0 Å². The third kappa shape index (κ3) is 2.90.